The van der Waals surface area contributed by atoms with Gasteiger partial charge in [-0.15, -0.1) is 0 Å². The highest BCUT2D eigenvalue weighted by atomic mass is 19.2. The van der Waals surface area contributed by atoms with E-state index >= 15 is 0 Å². The predicted molar refractivity (Wildman–Crippen MR) is 73.0 cm³/mol. The van der Waals surface area contributed by atoms with Crippen LogP contribution in [-0.2, 0) is 0 Å². The van der Waals surface area contributed by atoms with Crippen LogP contribution in [0.5, 0.6) is 0 Å². The summed E-state index contributed by atoms with van der Waals surface area (Å²) in [5.74, 6) is -3.05. The Hall–Kier alpha value is -1.19. The zero-order valence-electron chi connectivity index (χ0n) is 12.1. The van der Waals surface area contributed by atoms with Gasteiger partial charge in [0.05, 0.1) is 0 Å². The molecule has 0 radical (unpaired) electrons. The third-order valence-corrected chi connectivity index (χ3v) is 5.56. The molecule has 3 unspecified atom stereocenters. The molecule has 2 bridgehead atoms. The number of fused-ring (bicyclic) bond motifs is 2. The first-order valence-corrected chi connectivity index (χ1v) is 7.15. The third kappa shape index (κ3) is 1.84. The van der Waals surface area contributed by atoms with Crippen molar-refractivity contribution in [2.24, 2.45) is 16.7 Å². The van der Waals surface area contributed by atoms with E-state index in [-0.39, 0.29) is 16.9 Å². The van der Waals surface area contributed by atoms with Crippen LogP contribution in [0, 0.1) is 34.2 Å². The molecule has 0 amide bonds. The van der Waals surface area contributed by atoms with Crippen molar-refractivity contribution in [1.29, 1.82) is 0 Å². The number of hydrogen-bond acceptors (Lipinski definition) is 1. The summed E-state index contributed by atoms with van der Waals surface area (Å²) >= 11 is 0. The second-order valence-electron chi connectivity index (χ2n) is 7.25. The van der Waals surface area contributed by atoms with Crippen LogP contribution in [0.1, 0.15) is 40.0 Å². The Morgan fingerprint density at radius 2 is 1.70 bits per heavy atom. The smallest absolute Gasteiger partial charge is 0.194 e. The van der Waals surface area contributed by atoms with E-state index in [0.717, 1.165) is 25.0 Å². The van der Waals surface area contributed by atoms with E-state index in [4.69, 9.17) is 0 Å². The van der Waals surface area contributed by atoms with Gasteiger partial charge in [0, 0.05) is 23.9 Å². The van der Waals surface area contributed by atoms with Crippen LogP contribution in [0.3, 0.4) is 0 Å². The minimum Gasteiger partial charge on any atom is -0.381 e. The number of benzene rings is 1. The minimum atomic E-state index is -1.41. The van der Waals surface area contributed by atoms with Crippen molar-refractivity contribution in [1.82, 2.24) is 0 Å². The fraction of sp³-hybridized carbons (Fsp3) is 0.625. The third-order valence-electron chi connectivity index (χ3n) is 5.56. The van der Waals surface area contributed by atoms with Gasteiger partial charge in [-0.2, -0.15) is 0 Å². The van der Waals surface area contributed by atoms with Gasteiger partial charge in [0.25, 0.3) is 0 Å². The number of rotatable bonds is 2. The van der Waals surface area contributed by atoms with Crippen LogP contribution in [0.15, 0.2) is 12.1 Å². The van der Waals surface area contributed by atoms with Crippen molar-refractivity contribution in [3.63, 3.8) is 0 Å². The monoisotopic (exact) mass is 283 g/mol. The van der Waals surface area contributed by atoms with Gasteiger partial charge >= 0.3 is 0 Å². The van der Waals surface area contributed by atoms with Crippen LogP contribution < -0.4 is 5.32 Å². The first-order valence-electron chi connectivity index (χ1n) is 7.15. The molecule has 20 heavy (non-hydrogen) atoms. The van der Waals surface area contributed by atoms with Crippen molar-refractivity contribution in [2.75, 3.05) is 5.32 Å². The average molecular weight is 283 g/mol. The van der Waals surface area contributed by atoms with Crippen molar-refractivity contribution in [3.8, 4) is 0 Å². The number of anilines is 1. The summed E-state index contributed by atoms with van der Waals surface area (Å²) in [5, 5.41) is 3.27. The van der Waals surface area contributed by atoms with Gasteiger partial charge in [0.1, 0.15) is 0 Å². The maximum absolute atomic E-state index is 13.3. The van der Waals surface area contributed by atoms with Gasteiger partial charge in [-0.25, -0.2) is 13.2 Å². The molecule has 110 valence electrons. The summed E-state index contributed by atoms with van der Waals surface area (Å²) in [6.07, 6.45) is 3.49. The molecule has 1 aromatic rings. The Bertz CT molecular complexity index is 527. The van der Waals surface area contributed by atoms with Crippen molar-refractivity contribution in [3.05, 3.63) is 29.6 Å². The maximum atomic E-state index is 13.3. The summed E-state index contributed by atoms with van der Waals surface area (Å²) in [6, 6.07) is 2.24. The molecular formula is C16H20F3N. The zero-order valence-corrected chi connectivity index (χ0v) is 12.1. The second kappa shape index (κ2) is 4.15. The molecule has 0 spiro atoms. The Balaban J connectivity index is 1.91. The van der Waals surface area contributed by atoms with Crippen LogP contribution >= 0.6 is 0 Å². The Morgan fingerprint density at radius 1 is 1.10 bits per heavy atom. The lowest BCUT2D eigenvalue weighted by Crippen LogP contribution is -2.45. The summed E-state index contributed by atoms with van der Waals surface area (Å²) in [6.45, 7) is 6.64. The summed E-state index contributed by atoms with van der Waals surface area (Å²) in [7, 11) is 0. The topological polar surface area (TPSA) is 12.0 Å². The quantitative estimate of drug-likeness (QED) is 0.774. The van der Waals surface area contributed by atoms with E-state index in [1.165, 1.54) is 6.42 Å². The van der Waals surface area contributed by atoms with Crippen molar-refractivity contribution < 1.29 is 13.2 Å². The first kappa shape index (κ1) is 13.8. The molecule has 2 aliphatic rings. The van der Waals surface area contributed by atoms with E-state index in [2.05, 4.69) is 26.1 Å². The number of hydrogen-bond donors (Lipinski definition) is 1. The molecule has 1 aromatic carbocycles. The zero-order chi connectivity index (χ0) is 14.7. The average Bonchev–Trinajstić information content (AvgIpc) is 2.83. The fourth-order valence-corrected chi connectivity index (χ4v) is 4.47. The van der Waals surface area contributed by atoms with Gasteiger partial charge in [0.15, 0.2) is 17.5 Å². The van der Waals surface area contributed by atoms with E-state index < -0.39 is 17.5 Å². The molecule has 0 aromatic heterocycles. The van der Waals surface area contributed by atoms with Crippen molar-refractivity contribution in [2.45, 2.75) is 46.1 Å². The SMILES string of the molecule is CC12CCC(C1)C(C)(C)C2Nc1cc(F)c(F)c(F)c1. The molecule has 3 rings (SSSR count). The van der Waals surface area contributed by atoms with Crippen LogP contribution in [0.2, 0.25) is 0 Å². The Morgan fingerprint density at radius 3 is 2.20 bits per heavy atom. The predicted octanol–water partition coefficient (Wildman–Crippen LogP) is 4.73. The van der Waals surface area contributed by atoms with E-state index in [9.17, 15) is 13.2 Å². The number of halogens is 3. The van der Waals surface area contributed by atoms with Crippen molar-refractivity contribution >= 4 is 5.69 Å². The molecule has 0 aliphatic heterocycles. The molecule has 1 nitrogen and oxygen atoms in total. The highest BCUT2D eigenvalue weighted by molar-refractivity contribution is 5.47. The lowest BCUT2D eigenvalue weighted by atomic mass is 9.68. The molecule has 1 N–H and O–H groups in total. The maximum Gasteiger partial charge on any atom is 0.194 e. The highest BCUT2D eigenvalue weighted by Crippen LogP contribution is 2.63. The van der Waals surface area contributed by atoms with Crippen LogP contribution in [0.4, 0.5) is 18.9 Å². The number of nitrogens with one attached hydrogen (secondary N) is 1. The molecule has 2 fully saturated rings. The highest BCUT2D eigenvalue weighted by Gasteiger charge is 2.59. The van der Waals surface area contributed by atoms with Gasteiger partial charge in [0.2, 0.25) is 0 Å². The van der Waals surface area contributed by atoms with Gasteiger partial charge in [-0.3, -0.25) is 0 Å². The van der Waals surface area contributed by atoms with Gasteiger partial charge in [-0.1, -0.05) is 20.8 Å². The largest absolute Gasteiger partial charge is 0.381 e. The summed E-state index contributed by atoms with van der Waals surface area (Å²) in [4.78, 5) is 0. The van der Waals surface area contributed by atoms with Crippen LogP contribution in [0.25, 0.3) is 0 Å². The fourth-order valence-electron chi connectivity index (χ4n) is 4.47. The lowest BCUT2D eigenvalue weighted by molar-refractivity contribution is 0.155. The Labute approximate surface area is 117 Å². The van der Waals surface area contributed by atoms with Crippen LogP contribution in [-0.4, -0.2) is 6.04 Å². The van der Waals surface area contributed by atoms with E-state index in [0.29, 0.717) is 11.6 Å². The van der Waals surface area contributed by atoms with E-state index in [1.54, 1.807) is 0 Å². The molecule has 3 atom stereocenters. The molecule has 0 heterocycles. The molecule has 2 aliphatic carbocycles. The van der Waals surface area contributed by atoms with Gasteiger partial charge < -0.3 is 5.32 Å². The lowest BCUT2D eigenvalue weighted by Gasteiger charge is -2.43. The molecular weight excluding hydrogens is 263 g/mol. The first-order chi connectivity index (χ1) is 9.24. The molecule has 0 saturated heterocycles. The summed E-state index contributed by atoms with van der Waals surface area (Å²) < 4.78 is 39.7. The summed E-state index contributed by atoms with van der Waals surface area (Å²) in [5.41, 5.74) is 0.553. The molecule has 4 heteroatoms. The second-order valence-corrected chi connectivity index (χ2v) is 7.25. The Kier molecular flexibility index (Phi) is 2.86. The van der Waals surface area contributed by atoms with Gasteiger partial charge in [-0.05, 0) is 36.0 Å². The van der Waals surface area contributed by atoms with E-state index in [1.807, 2.05) is 0 Å². The standard InChI is InChI=1S/C16H20F3N/c1-15(2)9-4-5-16(3,8-9)14(15)20-10-6-11(17)13(19)12(18)7-10/h6-7,9,14,20H,4-5,8H2,1-3H3. The normalized spacial score (nSPS) is 34.5. The minimum absolute atomic E-state index is 0.0777. The molecule has 2 saturated carbocycles.